The third-order valence-electron chi connectivity index (χ3n) is 4.84. The van der Waals surface area contributed by atoms with Crippen LogP contribution in [0.3, 0.4) is 0 Å². The molecular formula is C20H24O7. The topological polar surface area (TPSA) is 120 Å². The Hall–Kier alpha value is -2.64. The van der Waals surface area contributed by atoms with E-state index in [-0.39, 0.29) is 34.9 Å². The first-order valence-corrected chi connectivity index (χ1v) is 8.81. The van der Waals surface area contributed by atoms with E-state index in [4.69, 9.17) is 9.47 Å². The minimum atomic E-state index is -0.552. The Bertz CT molecular complexity index is 805. The lowest BCUT2D eigenvalue weighted by molar-refractivity contribution is -0.0999. The zero-order valence-electron chi connectivity index (χ0n) is 15.0. The lowest BCUT2D eigenvalue weighted by atomic mass is 9.93. The molecule has 1 fully saturated rings. The highest BCUT2D eigenvalue weighted by Crippen LogP contribution is 2.41. The van der Waals surface area contributed by atoms with E-state index in [9.17, 15) is 25.5 Å². The van der Waals surface area contributed by atoms with E-state index in [0.29, 0.717) is 31.2 Å². The van der Waals surface area contributed by atoms with Crippen LogP contribution < -0.4 is 4.74 Å². The van der Waals surface area contributed by atoms with Crippen LogP contribution >= 0.6 is 0 Å². The predicted molar refractivity (Wildman–Crippen MR) is 97.3 cm³/mol. The molecule has 2 aromatic rings. The Labute approximate surface area is 157 Å². The summed E-state index contributed by atoms with van der Waals surface area (Å²) in [7, 11) is 1.39. The van der Waals surface area contributed by atoms with E-state index < -0.39 is 12.2 Å². The number of methoxy groups -OCH3 is 1. The molecule has 1 aliphatic heterocycles. The molecule has 0 unspecified atom stereocenters. The first-order valence-electron chi connectivity index (χ1n) is 8.81. The lowest BCUT2D eigenvalue weighted by Crippen LogP contribution is -2.31. The van der Waals surface area contributed by atoms with Gasteiger partial charge in [-0.05, 0) is 54.7 Å². The summed E-state index contributed by atoms with van der Waals surface area (Å²) < 4.78 is 11.2. The zero-order valence-corrected chi connectivity index (χ0v) is 15.0. The van der Waals surface area contributed by atoms with Gasteiger partial charge in [0.2, 0.25) is 5.75 Å². The van der Waals surface area contributed by atoms with Crippen molar-refractivity contribution in [2.75, 3.05) is 7.11 Å². The summed E-state index contributed by atoms with van der Waals surface area (Å²) >= 11 is 0. The molecule has 0 amide bonds. The fraction of sp³-hybridized carbons (Fsp3) is 0.400. The molecule has 0 aromatic heterocycles. The van der Waals surface area contributed by atoms with E-state index in [0.717, 1.165) is 5.56 Å². The van der Waals surface area contributed by atoms with Crippen molar-refractivity contribution >= 4 is 0 Å². The minimum Gasteiger partial charge on any atom is -0.504 e. The maximum atomic E-state index is 10.2. The van der Waals surface area contributed by atoms with Crippen molar-refractivity contribution in [2.45, 2.75) is 44.0 Å². The van der Waals surface area contributed by atoms with Crippen LogP contribution in [0.2, 0.25) is 0 Å². The van der Waals surface area contributed by atoms with E-state index in [1.54, 1.807) is 12.1 Å². The molecule has 0 radical (unpaired) electrons. The Kier molecular flexibility index (Phi) is 5.62. The third kappa shape index (κ3) is 4.37. The van der Waals surface area contributed by atoms with Gasteiger partial charge in [0.15, 0.2) is 23.0 Å². The first kappa shape index (κ1) is 19.1. The number of phenolic OH excluding ortho intramolecular Hbond substituents is 4. The summed E-state index contributed by atoms with van der Waals surface area (Å²) in [5.41, 5.74) is 1.47. The highest BCUT2D eigenvalue weighted by atomic mass is 16.5. The summed E-state index contributed by atoms with van der Waals surface area (Å²) in [5, 5.41) is 48.9. The molecule has 0 saturated carbocycles. The van der Waals surface area contributed by atoms with Gasteiger partial charge in [-0.3, -0.25) is 0 Å². The van der Waals surface area contributed by atoms with Gasteiger partial charge in [0.05, 0.1) is 25.4 Å². The number of aromatic hydroxyl groups is 4. The zero-order chi connectivity index (χ0) is 19.6. The molecule has 146 valence electrons. The van der Waals surface area contributed by atoms with E-state index in [1.165, 1.54) is 25.3 Å². The van der Waals surface area contributed by atoms with Crippen molar-refractivity contribution in [1.29, 1.82) is 0 Å². The molecule has 1 saturated heterocycles. The summed E-state index contributed by atoms with van der Waals surface area (Å²) in [4.78, 5) is 0. The van der Waals surface area contributed by atoms with Gasteiger partial charge in [-0.1, -0.05) is 6.07 Å². The van der Waals surface area contributed by atoms with Gasteiger partial charge in [0, 0.05) is 6.42 Å². The smallest absolute Gasteiger partial charge is 0.200 e. The van der Waals surface area contributed by atoms with Crippen LogP contribution in [-0.4, -0.2) is 44.9 Å². The first-order chi connectivity index (χ1) is 12.9. The van der Waals surface area contributed by atoms with Gasteiger partial charge < -0.3 is 35.0 Å². The van der Waals surface area contributed by atoms with Crippen molar-refractivity contribution in [3.8, 4) is 28.7 Å². The van der Waals surface area contributed by atoms with Gasteiger partial charge >= 0.3 is 0 Å². The molecule has 7 heteroatoms. The highest BCUT2D eigenvalue weighted by molar-refractivity contribution is 5.52. The van der Waals surface area contributed by atoms with Gasteiger partial charge in [0.1, 0.15) is 0 Å². The number of aliphatic hydroxyl groups excluding tert-OH is 1. The van der Waals surface area contributed by atoms with E-state index >= 15 is 0 Å². The fourth-order valence-electron chi connectivity index (χ4n) is 3.40. The lowest BCUT2D eigenvalue weighted by Gasteiger charge is -2.34. The van der Waals surface area contributed by atoms with Crippen LogP contribution in [0.25, 0.3) is 0 Å². The van der Waals surface area contributed by atoms with Crippen LogP contribution in [0.5, 0.6) is 28.7 Å². The monoisotopic (exact) mass is 376 g/mol. The molecule has 1 aliphatic rings. The van der Waals surface area contributed by atoms with Crippen molar-refractivity contribution in [2.24, 2.45) is 0 Å². The van der Waals surface area contributed by atoms with Crippen molar-refractivity contribution < 1.29 is 35.0 Å². The van der Waals surface area contributed by atoms with Crippen LogP contribution in [0.4, 0.5) is 0 Å². The minimum absolute atomic E-state index is 0.143. The Morgan fingerprint density at radius 3 is 2.48 bits per heavy atom. The molecule has 1 heterocycles. The van der Waals surface area contributed by atoms with Gasteiger partial charge in [-0.25, -0.2) is 0 Å². The number of hydrogen-bond donors (Lipinski definition) is 5. The number of rotatable bonds is 5. The average molecular weight is 376 g/mol. The maximum Gasteiger partial charge on any atom is 0.200 e. The van der Waals surface area contributed by atoms with Crippen molar-refractivity contribution in [1.82, 2.24) is 0 Å². The number of aryl methyl sites for hydroxylation is 1. The number of ether oxygens (including phenoxy) is 2. The standard InChI is InChI=1S/C20H24O7/c1-26-19-8-12(7-17(24)20(19)25)18-10-13(21)9-14(27-18)4-2-11-3-5-15(22)16(23)6-11/h3,5-8,13-14,18,21-25H,2,4,9-10H2,1H3/t13-,14-,18-/m0/s1. The largest absolute Gasteiger partial charge is 0.504 e. The number of hydrogen-bond acceptors (Lipinski definition) is 7. The van der Waals surface area contributed by atoms with E-state index in [2.05, 4.69) is 0 Å². The molecular weight excluding hydrogens is 352 g/mol. The summed E-state index contributed by atoms with van der Waals surface area (Å²) in [6.07, 6.45) is 0.903. The maximum absolute atomic E-state index is 10.2. The normalized spacial score (nSPS) is 22.5. The molecule has 3 rings (SSSR count). The van der Waals surface area contributed by atoms with E-state index in [1.807, 2.05) is 0 Å². The number of benzene rings is 2. The predicted octanol–water partition coefficient (Wildman–Crippen LogP) is 2.73. The SMILES string of the molecule is COc1cc([C@@H]2C[C@@H](O)C[C@H](CCc3ccc(O)c(O)c3)O2)cc(O)c1O. The van der Waals surface area contributed by atoms with Gasteiger partial charge in [-0.15, -0.1) is 0 Å². The Balaban J connectivity index is 1.70. The highest BCUT2D eigenvalue weighted by Gasteiger charge is 2.30. The molecule has 7 nitrogen and oxygen atoms in total. The quantitative estimate of drug-likeness (QED) is 0.509. The van der Waals surface area contributed by atoms with Crippen LogP contribution in [0.15, 0.2) is 30.3 Å². The molecule has 3 atom stereocenters. The summed E-state index contributed by atoms with van der Waals surface area (Å²) in [5.74, 6) is -0.818. The molecule has 0 spiro atoms. The second-order valence-electron chi connectivity index (χ2n) is 6.82. The van der Waals surface area contributed by atoms with Crippen LogP contribution in [-0.2, 0) is 11.2 Å². The molecule has 2 aromatic carbocycles. The van der Waals surface area contributed by atoms with Crippen molar-refractivity contribution in [3.05, 3.63) is 41.5 Å². The molecule has 0 bridgehead atoms. The summed E-state index contributed by atoms with van der Waals surface area (Å²) in [6.45, 7) is 0. The number of phenols is 4. The Morgan fingerprint density at radius 2 is 1.78 bits per heavy atom. The fourth-order valence-corrected chi connectivity index (χ4v) is 3.40. The molecule has 5 N–H and O–H groups in total. The molecule has 0 aliphatic carbocycles. The van der Waals surface area contributed by atoms with Gasteiger partial charge in [-0.2, -0.15) is 0 Å². The average Bonchev–Trinajstić information content (AvgIpc) is 2.64. The van der Waals surface area contributed by atoms with Crippen LogP contribution in [0, 0.1) is 0 Å². The van der Waals surface area contributed by atoms with Gasteiger partial charge in [0.25, 0.3) is 0 Å². The summed E-state index contributed by atoms with van der Waals surface area (Å²) in [6, 6.07) is 7.68. The number of aliphatic hydroxyl groups is 1. The van der Waals surface area contributed by atoms with Crippen LogP contribution in [0.1, 0.15) is 36.5 Å². The molecule has 27 heavy (non-hydrogen) atoms. The Morgan fingerprint density at radius 1 is 1.00 bits per heavy atom. The second-order valence-corrected chi connectivity index (χ2v) is 6.82. The third-order valence-corrected chi connectivity index (χ3v) is 4.84. The second kappa shape index (κ2) is 7.94. The van der Waals surface area contributed by atoms with Crippen molar-refractivity contribution in [3.63, 3.8) is 0 Å².